The van der Waals surface area contributed by atoms with Crippen LogP contribution in [-0.4, -0.2) is 23.0 Å². The number of rotatable bonds is 8. The van der Waals surface area contributed by atoms with Gasteiger partial charge >= 0.3 is 5.97 Å². The Morgan fingerprint density at radius 3 is 2.31 bits per heavy atom. The van der Waals surface area contributed by atoms with Gasteiger partial charge in [0.05, 0.1) is 18.0 Å². The second-order valence-electron chi connectivity index (χ2n) is 10.5. The maximum atomic E-state index is 13.1. The quantitative estimate of drug-likeness (QED) is 0.167. The summed E-state index contributed by atoms with van der Waals surface area (Å²) in [4.78, 5) is 13.1. The van der Waals surface area contributed by atoms with Crippen LogP contribution in [0.2, 0.25) is 0 Å². The number of ether oxygens (including phenoxy) is 1. The molecular weight excluding hydrogens is 446 g/mol. The van der Waals surface area contributed by atoms with Crippen molar-refractivity contribution in [1.29, 1.82) is 5.41 Å². The predicted molar refractivity (Wildman–Crippen MR) is 147 cm³/mol. The fourth-order valence-corrected chi connectivity index (χ4v) is 6.46. The Labute approximate surface area is 214 Å². The number of benzene rings is 2. The second kappa shape index (κ2) is 10.5. The van der Waals surface area contributed by atoms with E-state index in [-0.39, 0.29) is 11.8 Å². The smallest absolute Gasteiger partial charge is 0.340 e. The molecule has 1 heterocycles. The summed E-state index contributed by atoms with van der Waals surface area (Å²) in [7, 11) is 2.07. The SMILES string of the molecule is CCOC(=O)c1c(CCCCC(=N)N)n(C)c2cc(-c3c4c(cc5c3CCCC5)CCCC4)ccc12. The first-order chi connectivity index (χ1) is 17.5. The third-order valence-corrected chi connectivity index (χ3v) is 8.17. The van der Waals surface area contributed by atoms with Gasteiger partial charge in [-0.3, -0.25) is 5.41 Å². The molecule has 0 fully saturated rings. The lowest BCUT2D eigenvalue weighted by Crippen LogP contribution is -2.12. The normalized spacial score (nSPS) is 14.9. The van der Waals surface area contributed by atoms with Crippen molar-refractivity contribution in [2.24, 2.45) is 12.8 Å². The van der Waals surface area contributed by atoms with E-state index in [0.717, 1.165) is 35.9 Å². The molecule has 1 aromatic heterocycles. The van der Waals surface area contributed by atoms with Crippen LogP contribution in [-0.2, 0) is 43.9 Å². The zero-order valence-electron chi connectivity index (χ0n) is 21.8. The van der Waals surface area contributed by atoms with Crippen molar-refractivity contribution in [3.63, 3.8) is 0 Å². The minimum atomic E-state index is -0.244. The molecule has 0 atom stereocenters. The van der Waals surface area contributed by atoms with E-state index >= 15 is 0 Å². The highest BCUT2D eigenvalue weighted by molar-refractivity contribution is 6.07. The standard InChI is InChI=1S/C31H39N3O2/c1-3-36-31(35)30-25-17-16-22(19-27(25)34(2)26(30)14-8-9-15-28(32)33)29-23-12-6-4-10-20(23)18-21-11-5-7-13-24(21)29/h16-19H,3-15H2,1-2H3,(H3,32,33). The number of nitrogens with zero attached hydrogens (tertiary/aromatic N) is 1. The van der Waals surface area contributed by atoms with Crippen LogP contribution < -0.4 is 5.73 Å². The van der Waals surface area contributed by atoms with E-state index in [2.05, 4.69) is 35.9 Å². The van der Waals surface area contributed by atoms with Crippen LogP contribution in [0.15, 0.2) is 24.3 Å². The number of carbonyl (C=O) groups is 1. The lowest BCUT2D eigenvalue weighted by Gasteiger charge is -2.28. The molecule has 2 aromatic carbocycles. The molecule has 2 aliphatic carbocycles. The molecule has 0 radical (unpaired) electrons. The summed E-state index contributed by atoms with van der Waals surface area (Å²) in [5.74, 6) is -0.0243. The lowest BCUT2D eigenvalue weighted by atomic mass is 9.77. The largest absolute Gasteiger partial charge is 0.462 e. The predicted octanol–water partition coefficient (Wildman–Crippen LogP) is 6.43. The van der Waals surface area contributed by atoms with Gasteiger partial charge in [-0.2, -0.15) is 0 Å². The van der Waals surface area contributed by atoms with Crippen molar-refractivity contribution in [2.45, 2.75) is 84.0 Å². The summed E-state index contributed by atoms with van der Waals surface area (Å²) in [5, 5.41) is 8.48. The van der Waals surface area contributed by atoms with Crippen LogP contribution in [0.1, 0.15) is 90.2 Å². The van der Waals surface area contributed by atoms with Crippen LogP contribution in [0.4, 0.5) is 0 Å². The average molecular weight is 486 g/mol. The van der Waals surface area contributed by atoms with Crippen molar-refractivity contribution in [3.05, 3.63) is 57.8 Å². The fraction of sp³-hybridized carbons (Fsp3) is 0.484. The van der Waals surface area contributed by atoms with Crippen LogP contribution in [0, 0.1) is 5.41 Å². The molecule has 190 valence electrons. The molecule has 3 aromatic rings. The number of hydrogen-bond donors (Lipinski definition) is 2. The highest BCUT2D eigenvalue weighted by Gasteiger charge is 2.26. The molecule has 36 heavy (non-hydrogen) atoms. The van der Waals surface area contributed by atoms with Crippen molar-refractivity contribution in [2.75, 3.05) is 6.61 Å². The van der Waals surface area contributed by atoms with Crippen molar-refractivity contribution in [1.82, 2.24) is 4.57 Å². The van der Waals surface area contributed by atoms with Crippen LogP contribution in [0.25, 0.3) is 22.0 Å². The van der Waals surface area contributed by atoms with Gasteiger partial charge in [0.1, 0.15) is 0 Å². The number of nitrogens with one attached hydrogen (secondary N) is 1. The highest BCUT2D eigenvalue weighted by Crippen LogP contribution is 2.41. The van der Waals surface area contributed by atoms with Gasteiger partial charge < -0.3 is 15.0 Å². The number of carbonyl (C=O) groups excluding carboxylic acids is 1. The Bertz CT molecular complexity index is 1280. The summed E-state index contributed by atoms with van der Waals surface area (Å²) in [6, 6.07) is 9.22. The number of hydrogen-bond acceptors (Lipinski definition) is 3. The Balaban J connectivity index is 1.63. The van der Waals surface area contributed by atoms with E-state index in [1.807, 2.05) is 6.92 Å². The van der Waals surface area contributed by atoms with Crippen molar-refractivity contribution in [3.8, 4) is 11.1 Å². The molecule has 5 heteroatoms. The van der Waals surface area contributed by atoms with Crippen LogP contribution >= 0.6 is 0 Å². The molecule has 0 unspecified atom stereocenters. The lowest BCUT2D eigenvalue weighted by molar-refractivity contribution is 0.0527. The molecule has 0 spiro atoms. The summed E-state index contributed by atoms with van der Waals surface area (Å²) in [6.07, 6.45) is 12.9. The van der Waals surface area contributed by atoms with Gasteiger partial charge in [-0.1, -0.05) is 18.2 Å². The maximum Gasteiger partial charge on any atom is 0.340 e. The first-order valence-corrected chi connectivity index (χ1v) is 13.8. The van der Waals surface area contributed by atoms with Gasteiger partial charge in [-0.25, -0.2) is 4.79 Å². The third-order valence-electron chi connectivity index (χ3n) is 8.17. The topological polar surface area (TPSA) is 81.1 Å². The summed E-state index contributed by atoms with van der Waals surface area (Å²) >= 11 is 0. The molecule has 0 saturated carbocycles. The fourth-order valence-electron chi connectivity index (χ4n) is 6.46. The second-order valence-corrected chi connectivity index (χ2v) is 10.5. The molecule has 5 rings (SSSR count). The van der Waals surface area contributed by atoms with Gasteiger partial charge in [-0.05, 0) is 117 Å². The summed E-state index contributed by atoms with van der Waals surface area (Å²) in [5.41, 5.74) is 17.4. The zero-order chi connectivity index (χ0) is 25.2. The summed E-state index contributed by atoms with van der Waals surface area (Å²) in [6.45, 7) is 2.22. The van der Waals surface area contributed by atoms with Gasteiger partial charge in [-0.15, -0.1) is 0 Å². The molecule has 0 bridgehead atoms. The van der Waals surface area contributed by atoms with Gasteiger partial charge in [0.25, 0.3) is 0 Å². The minimum Gasteiger partial charge on any atom is -0.462 e. The number of nitrogens with two attached hydrogens (primary N) is 1. The maximum absolute atomic E-state index is 13.1. The Kier molecular flexibility index (Phi) is 7.17. The number of amidine groups is 1. The van der Waals surface area contributed by atoms with Crippen LogP contribution in [0.3, 0.4) is 0 Å². The number of fused-ring (bicyclic) bond motifs is 3. The van der Waals surface area contributed by atoms with Crippen LogP contribution in [0.5, 0.6) is 0 Å². The highest BCUT2D eigenvalue weighted by atomic mass is 16.5. The Hall–Kier alpha value is -3.08. The molecule has 2 aliphatic rings. The number of aryl methyl sites for hydroxylation is 3. The summed E-state index contributed by atoms with van der Waals surface area (Å²) < 4.78 is 7.69. The first-order valence-electron chi connectivity index (χ1n) is 13.8. The van der Waals surface area contributed by atoms with E-state index in [9.17, 15) is 4.79 Å². The van der Waals surface area contributed by atoms with E-state index < -0.39 is 0 Å². The minimum absolute atomic E-state index is 0.219. The molecule has 0 saturated heterocycles. The van der Waals surface area contributed by atoms with E-state index in [0.29, 0.717) is 18.6 Å². The number of aromatic nitrogens is 1. The van der Waals surface area contributed by atoms with Gasteiger partial charge in [0.15, 0.2) is 0 Å². The molecule has 3 N–H and O–H groups in total. The van der Waals surface area contributed by atoms with Gasteiger partial charge in [0.2, 0.25) is 0 Å². The van der Waals surface area contributed by atoms with Crippen molar-refractivity contribution >= 4 is 22.7 Å². The van der Waals surface area contributed by atoms with E-state index in [1.165, 1.54) is 62.5 Å². The number of unbranched alkanes of at least 4 members (excludes halogenated alkanes) is 1. The molecular formula is C31H39N3O2. The third kappa shape index (κ3) is 4.56. The zero-order valence-corrected chi connectivity index (χ0v) is 21.8. The monoisotopic (exact) mass is 485 g/mol. The Morgan fingerprint density at radius 2 is 1.67 bits per heavy atom. The van der Waals surface area contributed by atoms with Crippen molar-refractivity contribution < 1.29 is 9.53 Å². The number of esters is 1. The molecule has 5 nitrogen and oxygen atoms in total. The van der Waals surface area contributed by atoms with E-state index in [4.69, 9.17) is 15.9 Å². The first kappa shape index (κ1) is 24.6. The Morgan fingerprint density at radius 1 is 1.00 bits per heavy atom. The van der Waals surface area contributed by atoms with E-state index in [1.54, 1.807) is 22.3 Å². The van der Waals surface area contributed by atoms with Gasteiger partial charge in [0, 0.05) is 30.1 Å². The average Bonchev–Trinajstić information content (AvgIpc) is 3.16. The molecule has 0 amide bonds. The molecule has 0 aliphatic heterocycles.